The fourth-order valence-electron chi connectivity index (χ4n) is 3.60. The van der Waals surface area contributed by atoms with E-state index >= 15 is 0 Å². The molecule has 1 aromatic heterocycles. The summed E-state index contributed by atoms with van der Waals surface area (Å²) in [6.07, 6.45) is 2.69. The van der Waals surface area contributed by atoms with Crippen molar-refractivity contribution in [1.82, 2.24) is 9.80 Å². The third-order valence-corrected chi connectivity index (χ3v) is 5.70. The van der Waals surface area contributed by atoms with E-state index in [0.29, 0.717) is 44.6 Å². The Labute approximate surface area is 145 Å². The first-order valence-electron chi connectivity index (χ1n) is 8.39. The molecular weight excluding hydrogens is 328 g/mol. The molecule has 1 saturated heterocycles. The van der Waals surface area contributed by atoms with E-state index in [2.05, 4.69) is 0 Å². The summed E-state index contributed by atoms with van der Waals surface area (Å²) in [6, 6.07) is 1.82. The van der Waals surface area contributed by atoms with Gasteiger partial charge < -0.3 is 14.9 Å². The van der Waals surface area contributed by atoms with Gasteiger partial charge in [0.05, 0.1) is 11.5 Å². The van der Waals surface area contributed by atoms with Crippen molar-refractivity contribution in [2.75, 3.05) is 26.2 Å². The van der Waals surface area contributed by atoms with E-state index in [0.717, 1.165) is 12.8 Å². The van der Waals surface area contributed by atoms with Crippen LogP contribution in [0.1, 0.15) is 36.0 Å². The van der Waals surface area contributed by atoms with Gasteiger partial charge in [-0.15, -0.1) is 0 Å². The number of carbonyl (C=O) groups is 3. The van der Waals surface area contributed by atoms with E-state index in [1.54, 1.807) is 9.80 Å². The molecule has 1 aromatic rings. The number of piperazine rings is 1. The second-order valence-electron chi connectivity index (χ2n) is 6.53. The quantitative estimate of drug-likeness (QED) is 0.903. The van der Waals surface area contributed by atoms with Crippen molar-refractivity contribution in [3.8, 4) is 0 Å². The third kappa shape index (κ3) is 3.61. The smallest absolute Gasteiger partial charge is 0.306 e. The fraction of sp³-hybridized carbons (Fsp3) is 0.588. The van der Waals surface area contributed by atoms with Crippen LogP contribution in [-0.2, 0) is 9.59 Å². The van der Waals surface area contributed by atoms with Gasteiger partial charge in [0.2, 0.25) is 5.91 Å². The highest BCUT2D eigenvalue weighted by Gasteiger charge is 2.34. The lowest BCUT2D eigenvalue weighted by molar-refractivity contribution is -0.146. The molecule has 0 radical (unpaired) electrons. The SMILES string of the molecule is O=C(O)C1CCCC(C(=O)N2CCN(C(=O)c3ccsc3)CC2)C1. The highest BCUT2D eigenvalue weighted by Crippen LogP contribution is 2.30. The zero-order valence-electron chi connectivity index (χ0n) is 13.5. The van der Waals surface area contributed by atoms with E-state index in [1.807, 2.05) is 16.8 Å². The number of rotatable bonds is 3. The van der Waals surface area contributed by atoms with Crippen molar-refractivity contribution in [3.63, 3.8) is 0 Å². The van der Waals surface area contributed by atoms with Crippen LogP contribution in [0.25, 0.3) is 0 Å². The summed E-state index contributed by atoms with van der Waals surface area (Å²) < 4.78 is 0. The number of hydrogen-bond acceptors (Lipinski definition) is 4. The molecule has 2 amide bonds. The van der Waals surface area contributed by atoms with Gasteiger partial charge in [0.15, 0.2) is 0 Å². The monoisotopic (exact) mass is 350 g/mol. The maximum absolute atomic E-state index is 12.7. The molecule has 1 saturated carbocycles. The zero-order valence-corrected chi connectivity index (χ0v) is 14.3. The van der Waals surface area contributed by atoms with Crippen molar-refractivity contribution in [1.29, 1.82) is 0 Å². The molecule has 24 heavy (non-hydrogen) atoms. The summed E-state index contributed by atoms with van der Waals surface area (Å²) in [7, 11) is 0. The van der Waals surface area contributed by atoms with Crippen LogP contribution in [0.2, 0.25) is 0 Å². The van der Waals surface area contributed by atoms with Crippen molar-refractivity contribution in [3.05, 3.63) is 22.4 Å². The summed E-state index contributed by atoms with van der Waals surface area (Å²) in [5.41, 5.74) is 0.705. The lowest BCUT2D eigenvalue weighted by Crippen LogP contribution is -2.52. The molecule has 1 aliphatic carbocycles. The number of aliphatic carboxylic acids is 1. The molecular formula is C17H22N2O4S. The van der Waals surface area contributed by atoms with Crippen LogP contribution < -0.4 is 0 Å². The van der Waals surface area contributed by atoms with Crippen LogP contribution in [-0.4, -0.2) is 58.9 Å². The lowest BCUT2D eigenvalue weighted by atomic mass is 9.80. The number of amides is 2. The van der Waals surface area contributed by atoms with Gasteiger partial charge in [-0.05, 0) is 30.7 Å². The van der Waals surface area contributed by atoms with Gasteiger partial charge in [-0.1, -0.05) is 6.42 Å². The first-order valence-corrected chi connectivity index (χ1v) is 9.33. The van der Waals surface area contributed by atoms with E-state index in [-0.39, 0.29) is 17.7 Å². The topological polar surface area (TPSA) is 77.9 Å². The average Bonchev–Trinajstić information content (AvgIpc) is 3.15. The number of carbonyl (C=O) groups excluding carboxylic acids is 2. The second-order valence-corrected chi connectivity index (χ2v) is 7.31. The van der Waals surface area contributed by atoms with Gasteiger partial charge in [-0.3, -0.25) is 14.4 Å². The molecule has 1 N–H and O–H groups in total. The molecule has 6 nitrogen and oxygen atoms in total. The Balaban J connectivity index is 1.53. The Hall–Kier alpha value is -1.89. The second kappa shape index (κ2) is 7.34. The summed E-state index contributed by atoms with van der Waals surface area (Å²) in [5, 5.41) is 12.9. The van der Waals surface area contributed by atoms with Gasteiger partial charge >= 0.3 is 5.97 Å². The van der Waals surface area contributed by atoms with E-state index in [4.69, 9.17) is 5.11 Å². The highest BCUT2D eigenvalue weighted by molar-refractivity contribution is 7.08. The number of carboxylic acid groups (broad SMARTS) is 1. The molecule has 0 bridgehead atoms. The molecule has 2 atom stereocenters. The first kappa shape index (κ1) is 17.0. The largest absolute Gasteiger partial charge is 0.481 e. The molecule has 2 unspecified atom stereocenters. The maximum Gasteiger partial charge on any atom is 0.306 e. The molecule has 2 aliphatic rings. The minimum absolute atomic E-state index is 0.0203. The first-order chi connectivity index (χ1) is 11.6. The predicted molar refractivity (Wildman–Crippen MR) is 89.9 cm³/mol. The van der Waals surface area contributed by atoms with Gasteiger partial charge in [0.25, 0.3) is 5.91 Å². The van der Waals surface area contributed by atoms with Crippen LogP contribution in [0.15, 0.2) is 16.8 Å². The van der Waals surface area contributed by atoms with Crippen molar-refractivity contribution >= 4 is 29.1 Å². The number of carboxylic acids is 1. The number of hydrogen-bond donors (Lipinski definition) is 1. The van der Waals surface area contributed by atoms with Crippen molar-refractivity contribution in [2.24, 2.45) is 11.8 Å². The lowest BCUT2D eigenvalue weighted by Gasteiger charge is -2.37. The van der Waals surface area contributed by atoms with E-state index in [1.165, 1.54) is 11.3 Å². The molecule has 2 heterocycles. The summed E-state index contributed by atoms with van der Waals surface area (Å²) in [4.78, 5) is 39.7. The predicted octanol–water partition coefficient (Wildman–Crippen LogP) is 1.92. The Bertz CT molecular complexity index is 608. The molecule has 0 aromatic carbocycles. The number of thiophene rings is 1. The standard InChI is InChI=1S/C17H22N2O4S/c20-15(12-2-1-3-13(10-12)17(22)23)18-5-7-19(8-6-18)16(21)14-4-9-24-11-14/h4,9,11-13H,1-3,5-8,10H2,(H,22,23). The molecule has 2 fully saturated rings. The minimum atomic E-state index is -0.793. The molecule has 130 valence electrons. The summed E-state index contributed by atoms with van der Waals surface area (Å²) in [6.45, 7) is 2.14. The van der Waals surface area contributed by atoms with Crippen LogP contribution in [0, 0.1) is 11.8 Å². The molecule has 0 spiro atoms. The molecule has 3 rings (SSSR count). The van der Waals surface area contributed by atoms with Gasteiger partial charge in [0.1, 0.15) is 0 Å². The maximum atomic E-state index is 12.7. The number of nitrogens with zero attached hydrogens (tertiary/aromatic N) is 2. The Morgan fingerprint density at radius 2 is 1.71 bits per heavy atom. The van der Waals surface area contributed by atoms with Gasteiger partial charge in [-0.2, -0.15) is 11.3 Å². The van der Waals surface area contributed by atoms with Gasteiger partial charge in [-0.25, -0.2) is 0 Å². The van der Waals surface area contributed by atoms with Crippen LogP contribution in [0.4, 0.5) is 0 Å². The fourth-order valence-corrected chi connectivity index (χ4v) is 4.22. The van der Waals surface area contributed by atoms with Gasteiger partial charge in [0, 0.05) is 37.5 Å². The zero-order chi connectivity index (χ0) is 17.1. The van der Waals surface area contributed by atoms with Crippen molar-refractivity contribution in [2.45, 2.75) is 25.7 Å². The highest BCUT2D eigenvalue weighted by atomic mass is 32.1. The normalized spacial score (nSPS) is 24.7. The van der Waals surface area contributed by atoms with Crippen LogP contribution >= 0.6 is 11.3 Å². The Morgan fingerprint density at radius 1 is 1.04 bits per heavy atom. The van der Waals surface area contributed by atoms with Crippen LogP contribution in [0.5, 0.6) is 0 Å². The van der Waals surface area contributed by atoms with Crippen LogP contribution in [0.3, 0.4) is 0 Å². The van der Waals surface area contributed by atoms with E-state index < -0.39 is 11.9 Å². The Morgan fingerprint density at radius 3 is 2.33 bits per heavy atom. The van der Waals surface area contributed by atoms with Crippen molar-refractivity contribution < 1.29 is 19.5 Å². The summed E-state index contributed by atoms with van der Waals surface area (Å²) >= 11 is 1.50. The molecule has 7 heteroatoms. The minimum Gasteiger partial charge on any atom is -0.481 e. The average molecular weight is 350 g/mol. The Kier molecular flexibility index (Phi) is 5.18. The molecule has 1 aliphatic heterocycles. The van der Waals surface area contributed by atoms with E-state index in [9.17, 15) is 14.4 Å². The third-order valence-electron chi connectivity index (χ3n) is 5.02. The summed E-state index contributed by atoms with van der Waals surface area (Å²) in [5.74, 6) is -1.29.